The molecule has 24 heavy (non-hydrogen) atoms. The first-order valence-corrected chi connectivity index (χ1v) is 8.46. The van der Waals surface area contributed by atoms with E-state index in [0.717, 1.165) is 36.2 Å². The Kier molecular flexibility index (Phi) is 3.97. The van der Waals surface area contributed by atoms with Gasteiger partial charge in [-0.25, -0.2) is 0 Å². The Bertz CT molecular complexity index is 837. The van der Waals surface area contributed by atoms with E-state index in [-0.39, 0.29) is 6.61 Å². The summed E-state index contributed by atoms with van der Waals surface area (Å²) < 4.78 is 2.21. The maximum atomic E-state index is 10.5. The Morgan fingerprint density at radius 3 is 2.04 bits per heavy atom. The normalized spacial score (nSPS) is 14.6. The van der Waals surface area contributed by atoms with E-state index >= 15 is 0 Å². The summed E-state index contributed by atoms with van der Waals surface area (Å²) in [7, 11) is 0. The van der Waals surface area contributed by atoms with E-state index in [2.05, 4.69) is 28.8 Å². The van der Waals surface area contributed by atoms with Crippen LogP contribution in [0.2, 0.25) is 0 Å². The van der Waals surface area contributed by atoms with Crippen LogP contribution in [0.4, 0.5) is 0 Å². The van der Waals surface area contributed by atoms with Gasteiger partial charge in [-0.3, -0.25) is 0 Å². The van der Waals surface area contributed by atoms with Crippen LogP contribution >= 0.6 is 0 Å². The minimum Gasteiger partial charge on any atom is -0.393 e. The predicted molar refractivity (Wildman–Crippen MR) is 95.7 cm³/mol. The molecule has 0 spiro atoms. The smallest absolute Gasteiger partial charge is 0.118 e. The van der Waals surface area contributed by atoms with Crippen LogP contribution in [0.3, 0.4) is 0 Å². The van der Waals surface area contributed by atoms with Crippen LogP contribution in [0.25, 0.3) is 22.3 Å². The largest absolute Gasteiger partial charge is 0.393 e. The number of benzene rings is 2. The first kappa shape index (κ1) is 15.2. The first-order valence-electron chi connectivity index (χ1n) is 8.46. The third kappa shape index (κ3) is 2.37. The second-order valence-electron chi connectivity index (χ2n) is 6.27. The summed E-state index contributed by atoms with van der Waals surface area (Å²) in [6.45, 7) is 0.631. The fourth-order valence-electron chi connectivity index (χ4n) is 3.85. The van der Waals surface area contributed by atoms with Gasteiger partial charge in [0.1, 0.15) is 6.10 Å². The summed E-state index contributed by atoms with van der Waals surface area (Å²) in [5, 5.41) is 20.1. The summed E-state index contributed by atoms with van der Waals surface area (Å²) in [5.74, 6) is 0. The molecule has 2 heterocycles. The number of aliphatic hydroxyl groups excluding tert-OH is 2. The zero-order valence-corrected chi connectivity index (χ0v) is 13.5. The molecule has 2 aromatic carbocycles. The number of nitrogens with zero attached hydrogens (tertiary/aromatic N) is 1. The minimum atomic E-state index is -0.866. The summed E-state index contributed by atoms with van der Waals surface area (Å²) in [4.78, 5) is 0. The predicted octanol–water partition coefficient (Wildman–Crippen LogP) is 3.79. The molecule has 0 radical (unpaired) electrons. The highest BCUT2D eigenvalue weighted by Crippen LogP contribution is 2.44. The molecule has 3 nitrogen and oxygen atoms in total. The lowest BCUT2D eigenvalue weighted by Crippen LogP contribution is -2.10. The number of aromatic nitrogens is 1. The van der Waals surface area contributed by atoms with Gasteiger partial charge in [-0.1, -0.05) is 60.7 Å². The van der Waals surface area contributed by atoms with Crippen LogP contribution < -0.4 is 0 Å². The quantitative estimate of drug-likeness (QED) is 0.768. The zero-order chi connectivity index (χ0) is 16.5. The summed E-state index contributed by atoms with van der Waals surface area (Å²) in [6, 6.07) is 20.5. The Balaban J connectivity index is 2.05. The summed E-state index contributed by atoms with van der Waals surface area (Å²) in [6.07, 6.45) is 1.21. The van der Waals surface area contributed by atoms with Crippen molar-refractivity contribution in [1.29, 1.82) is 0 Å². The average molecular weight is 319 g/mol. The second kappa shape index (κ2) is 6.27. The van der Waals surface area contributed by atoms with Crippen molar-refractivity contribution in [3.63, 3.8) is 0 Å². The van der Waals surface area contributed by atoms with E-state index in [9.17, 15) is 10.2 Å². The van der Waals surface area contributed by atoms with E-state index in [0.29, 0.717) is 0 Å². The number of aliphatic hydroxyl groups is 2. The molecule has 1 atom stereocenters. The van der Waals surface area contributed by atoms with Crippen LogP contribution in [-0.4, -0.2) is 21.4 Å². The highest BCUT2D eigenvalue weighted by Gasteiger charge is 2.30. The van der Waals surface area contributed by atoms with Gasteiger partial charge in [0, 0.05) is 23.4 Å². The Morgan fingerprint density at radius 1 is 0.875 bits per heavy atom. The van der Waals surface area contributed by atoms with Crippen molar-refractivity contribution in [1.82, 2.24) is 4.57 Å². The highest BCUT2D eigenvalue weighted by molar-refractivity contribution is 5.88. The van der Waals surface area contributed by atoms with E-state index < -0.39 is 6.10 Å². The summed E-state index contributed by atoms with van der Waals surface area (Å²) in [5.41, 5.74) is 6.61. The van der Waals surface area contributed by atoms with Crippen molar-refractivity contribution in [2.45, 2.75) is 25.5 Å². The van der Waals surface area contributed by atoms with Gasteiger partial charge in [-0.05, 0) is 24.0 Å². The molecule has 0 aliphatic carbocycles. The van der Waals surface area contributed by atoms with Gasteiger partial charge in [-0.15, -0.1) is 0 Å². The molecule has 0 amide bonds. The van der Waals surface area contributed by atoms with E-state index in [1.165, 1.54) is 16.8 Å². The molecule has 0 saturated carbocycles. The van der Waals surface area contributed by atoms with Gasteiger partial charge in [-0.2, -0.15) is 0 Å². The lowest BCUT2D eigenvalue weighted by molar-refractivity contribution is 0.0899. The van der Waals surface area contributed by atoms with E-state index in [1.54, 1.807) is 0 Å². The highest BCUT2D eigenvalue weighted by atomic mass is 16.3. The van der Waals surface area contributed by atoms with Crippen molar-refractivity contribution < 1.29 is 10.2 Å². The molecule has 1 aliphatic heterocycles. The monoisotopic (exact) mass is 319 g/mol. The fourth-order valence-corrected chi connectivity index (χ4v) is 3.85. The molecular weight excluding hydrogens is 298 g/mol. The molecule has 3 aromatic rings. The van der Waals surface area contributed by atoms with Gasteiger partial charge < -0.3 is 14.8 Å². The standard InChI is InChI=1S/C21H21NO2/c23-14-18(24)21-20(16-10-5-2-6-11-16)19(15-8-3-1-4-9-15)17-12-7-13-22(17)21/h1-6,8-11,18,23-24H,7,12-14H2. The third-order valence-electron chi connectivity index (χ3n) is 4.82. The number of hydrogen-bond donors (Lipinski definition) is 2. The van der Waals surface area contributed by atoms with Crippen molar-refractivity contribution in [2.24, 2.45) is 0 Å². The second-order valence-corrected chi connectivity index (χ2v) is 6.27. The number of fused-ring (bicyclic) bond motifs is 1. The molecule has 1 unspecified atom stereocenters. The van der Waals surface area contributed by atoms with Crippen LogP contribution in [-0.2, 0) is 13.0 Å². The van der Waals surface area contributed by atoms with Crippen LogP contribution in [0.15, 0.2) is 60.7 Å². The first-order chi connectivity index (χ1) is 11.8. The lowest BCUT2D eigenvalue weighted by atomic mass is 9.92. The molecule has 4 rings (SSSR count). The van der Waals surface area contributed by atoms with Gasteiger partial charge in [0.25, 0.3) is 0 Å². The maximum Gasteiger partial charge on any atom is 0.118 e. The van der Waals surface area contributed by atoms with Crippen LogP contribution in [0.5, 0.6) is 0 Å². The van der Waals surface area contributed by atoms with E-state index in [4.69, 9.17) is 0 Å². The maximum absolute atomic E-state index is 10.5. The Hall–Kier alpha value is -2.36. The zero-order valence-electron chi connectivity index (χ0n) is 13.5. The molecule has 122 valence electrons. The van der Waals surface area contributed by atoms with Gasteiger partial charge >= 0.3 is 0 Å². The number of rotatable bonds is 4. The Morgan fingerprint density at radius 2 is 1.46 bits per heavy atom. The van der Waals surface area contributed by atoms with Crippen LogP contribution in [0, 0.1) is 0 Å². The third-order valence-corrected chi connectivity index (χ3v) is 4.82. The molecule has 0 bridgehead atoms. The van der Waals surface area contributed by atoms with Crippen molar-refractivity contribution in [3.05, 3.63) is 72.1 Å². The number of hydrogen-bond acceptors (Lipinski definition) is 2. The molecule has 2 N–H and O–H groups in total. The minimum absolute atomic E-state index is 0.266. The summed E-state index contributed by atoms with van der Waals surface area (Å²) >= 11 is 0. The average Bonchev–Trinajstić information content (AvgIpc) is 3.22. The van der Waals surface area contributed by atoms with Gasteiger partial charge in [0.05, 0.1) is 12.3 Å². The lowest BCUT2D eigenvalue weighted by Gasteiger charge is -2.15. The molecular formula is C21H21NO2. The fraction of sp³-hybridized carbons (Fsp3) is 0.238. The van der Waals surface area contributed by atoms with Gasteiger partial charge in [0.2, 0.25) is 0 Å². The van der Waals surface area contributed by atoms with Gasteiger partial charge in [0.15, 0.2) is 0 Å². The van der Waals surface area contributed by atoms with E-state index in [1.807, 2.05) is 36.4 Å². The molecule has 1 aliphatic rings. The van der Waals surface area contributed by atoms with Crippen molar-refractivity contribution >= 4 is 0 Å². The molecule has 0 saturated heterocycles. The molecule has 0 fully saturated rings. The topological polar surface area (TPSA) is 45.4 Å². The van der Waals surface area contributed by atoms with Crippen molar-refractivity contribution in [2.75, 3.05) is 6.61 Å². The molecule has 1 aromatic heterocycles. The van der Waals surface area contributed by atoms with Crippen LogP contribution in [0.1, 0.15) is 23.9 Å². The Labute approximate surface area is 141 Å². The SMILES string of the molecule is OCC(O)c1c(-c2ccccc2)c(-c2ccccc2)c2n1CCC2. The molecule has 3 heteroatoms. The van der Waals surface area contributed by atoms with Crippen molar-refractivity contribution in [3.8, 4) is 22.3 Å².